The van der Waals surface area contributed by atoms with Crippen LogP contribution in [-0.2, 0) is 15.3 Å². The first-order chi connectivity index (χ1) is 16.1. The van der Waals surface area contributed by atoms with E-state index >= 15 is 0 Å². The minimum absolute atomic E-state index is 0.260. The number of amidine groups is 1. The van der Waals surface area contributed by atoms with Crippen LogP contribution in [-0.4, -0.2) is 56.2 Å². The predicted molar refractivity (Wildman–Crippen MR) is 122 cm³/mol. The van der Waals surface area contributed by atoms with Gasteiger partial charge in [-0.2, -0.15) is 0 Å². The Bertz CT molecular complexity index is 1260. The molecule has 1 spiro atoms. The number of rotatable bonds is 5. The van der Waals surface area contributed by atoms with Crippen molar-refractivity contribution >= 4 is 23.2 Å². The van der Waals surface area contributed by atoms with Gasteiger partial charge in [0, 0.05) is 17.8 Å². The molecule has 1 aliphatic carbocycles. The van der Waals surface area contributed by atoms with E-state index in [4.69, 9.17) is 14.3 Å². The van der Waals surface area contributed by atoms with Gasteiger partial charge in [0.25, 0.3) is 5.72 Å². The number of thiazole rings is 1. The smallest absolute Gasteiger partial charge is 0.286 e. The number of aromatic nitrogens is 3. The van der Waals surface area contributed by atoms with Crippen LogP contribution >= 0.6 is 11.3 Å². The van der Waals surface area contributed by atoms with Crippen LogP contribution in [0.1, 0.15) is 29.1 Å². The predicted octanol–water partition coefficient (Wildman–Crippen LogP) is 3.04. The highest BCUT2D eigenvalue weighted by Crippen LogP contribution is 2.50. The molecule has 1 atom stereocenters. The summed E-state index contributed by atoms with van der Waals surface area (Å²) < 4.78 is 14.0. The van der Waals surface area contributed by atoms with Gasteiger partial charge in [-0.1, -0.05) is 11.2 Å². The normalized spacial score (nSPS) is 23.8. The van der Waals surface area contributed by atoms with Crippen LogP contribution in [0.3, 0.4) is 0 Å². The molecule has 9 nitrogen and oxygen atoms in total. The van der Waals surface area contributed by atoms with Crippen molar-refractivity contribution in [3.05, 3.63) is 64.3 Å². The first-order valence-corrected chi connectivity index (χ1v) is 11.6. The van der Waals surface area contributed by atoms with Gasteiger partial charge in [-0.25, -0.2) is 9.97 Å². The zero-order valence-corrected chi connectivity index (χ0v) is 19.1. The van der Waals surface area contributed by atoms with Crippen molar-refractivity contribution < 1.29 is 19.4 Å². The second kappa shape index (κ2) is 7.32. The third kappa shape index (κ3) is 3.20. The molecule has 0 radical (unpaired) electrons. The molecule has 2 fully saturated rings. The van der Waals surface area contributed by atoms with Crippen molar-refractivity contribution in [2.75, 3.05) is 20.3 Å². The molecule has 170 valence electrons. The SMILES string of the molecule is COc1cc(/C=C2\OC3(CC3)CN3C2=NOC3(CO)c2nccs2)ccc1-n1cnc(C)c1. The number of imidazole rings is 1. The summed E-state index contributed by atoms with van der Waals surface area (Å²) in [5.74, 6) is 1.89. The minimum atomic E-state index is -1.12. The van der Waals surface area contributed by atoms with Gasteiger partial charge in [-0.3, -0.25) is 4.90 Å². The molecule has 10 heteroatoms. The lowest BCUT2D eigenvalue weighted by Crippen LogP contribution is -2.55. The second-order valence-corrected chi connectivity index (χ2v) is 9.41. The average Bonchev–Trinajstić information content (AvgIpc) is 3.24. The Morgan fingerprint density at radius 3 is 2.85 bits per heavy atom. The molecular weight excluding hydrogens is 442 g/mol. The summed E-state index contributed by atoms with van der Waals surface area (Å²) in [7, 11) is 1.65. The molecule has 1 unspecified atom stereocenters. The van der Waals surface area contributed by atoms with Crippen LogP contribution in [0.15, 0.2) is 53.2 Å². The highest BCUT2D eigenvalue weighted by atomic mass is 32.1. The number of benzene rings is 1. The van der Waals surface area contributed by atoms with Crippen LogP contribution in [0.4, 0.5) is 0 Å². The maximum atomic E-state index is 10.3. The molecule has 0 bridgehead atoms. The number of hydrogen-bond donors (Lipinski definition) is 1. The van der Waals surface area contributed by atoms with Gasteiger partial charge in [0.2, 0.25) is 5.84 Å². The van der Waals surface area contributed by atoms with Crippen LogP contribution in [0.5, 0.6) is 5.75 Å². The van der Waals surface area contributed by atoms with Gasteiger partial charge in [0.05, 0.1) is 31.4 Å². The van der Waals surface area contributed by atoms with Crippen LogP contribution < -0.4 is 4.74 Å². The largest absolute Gasteiger partial charge is 0.495 e. The quantitative estimate of drug-likeness (QED) is 0.619. The fourth-order valence-electron chi connectivity index (χ4n) is 4.32. The average molecular weight is 466 g/mol. The van der Waals surface area contributed by atoms with Gasteiger partial charge < -0.3 is 24.0 Å². The number of aliphatic hydroxyl groups is 1. The Labute approximate surface area is 194 Å². The monoisotopic (exact) mass is 465 g/mol. The van der Waals surface area contributed by atoms with E-state index in [1.807, 2.05) is 52.2 Å². The van der Waals surface area contributed by atoms with Crippen molar-refractivity contribution in [3.63, 3.8) is 0 Å². The number of nitrogens with zero attached hydrogens (tertiary/aromatic N) is 5. The van der Waals surface area contributed by atoms with E-state index in [0.717, 1.165) is 29.8 Å². The lowest BCUT2D eigenvalue weighted by atomic mass is 10.1. The molecule has 33 heavy (non-hydrogen) atoms. The van der Waals surface area contributed by atoms with Crippen LogP contribution in [0.25, 0.3) is 11.8 Å². The van der Waals surface area contributed by atoms with E-state index in [9.17, 15) is 5.11 Å². The topological polar surface area (TPSA) is 94.2 Å². The Morgan fingerprint density at radius 2 is 2.18 bits per heavy atom. The van der Waals surface area contributed by atoms with Gasteiger partial charge >= 0.3 is 0 Å². The third-order valence-electron chi connectivity index (χ3n) is 6.25. The molecule has 1 aromatic carbocycles. The highest BCUT2D eigenvalue weighted by Gasteiger charge is 2.60. The lowest BCUT2D eigenvalue weighted by Gasteiger charge is -2.40. The molecule has 0 amide bonds. The zero-order valence-electron chi connectivity index (χ0n) is 18.3. The zero-order chi connectivity index (χ0) is 22.6. The van der Waals surface area contributed by atoms with E-state index in [0.29, 0.717) is 28.9 Å². The van der Waals surface area contributed by atoms with Gasteiger partial charge in [-0.05, 0) is 43.5 Å². The van der Waals surface area contributed by atoms with E-state index < -0.39 is 5.72 Å². The number of ether oxygens (including phenoxy) is 2. The van der Waals surface area contributed by atoms with Crippen LogP contribution in [0.2, 0.25) is 0 Å². The maximum absolute atomic E-state index is 10.3. The molecule has 1 N–H and O–H groups in total. The van der Waals surface area contributed by atoms with Crippen molar-refractivity contribution in [2.24, 2.45) is 5.16 Å². The molecule has 4 heterocycles. The molecule has 3 aliphatic rings. The van der Waals surface area contributed by atoms with Gasteiger partial charge in [-0.15, -0.1) is 11.3 Å². The number of hydrogen-bond acceptors (Lipinski definition) is 9. The standard InChI is InChI=1S/C23H23N5O4S/c1-15-11-27(14-25-15)17-4-3-16(9-18(17)30-2)10-19-20-26-32-23(13-29,21-24-7-8-33-21)28(20)12-22(31-19)5-6-22/h3-4,7-11,14,29H,5-6,12-13H2,1-2H3/b19-10-. The van der Waals surface area contributed by atoms with E-state index in [1.54, 1.807) is 19.6 Å². The van der Waals surface area contributed by atoms with Crippen LogP contribution in [0, 0.1) is 6.92 Å². The summed E-state index contributed by atoms with van der Waals surface area (Å²) in [4.78, 5) is 16.6. The number of fused-ring (bicyclic) bond motifs is 1. The Kier molecular flexibility index (Phi) is 4.49. The first-order valence-electron chi connectivity index (χ1n) is 10.7. The fraction of sp³-hybridized carbons (Fsp3) is 0.348. The van der Waals surface area contributed by atoms with E-state index in [1.165, 1.54) is 11.3 Å². The van der Waals surface area contributed by atoms with E-state index in [2.05, 4.69) is 15.1 Å². The fourth-order valence-corrected chi connectivity index (χ4v) is 5.08. The molecule has 1 saturated carbocycles. The van der Waals surface area contributed by atoms with Crippen molar-refractivity contribution in [1.29, 1.82) is 0 Å². The number of methoxy groups -OCH3 is 1. The number of oxime groups is 1. The summed E-state index contributed by atoms with van der Waals surface area (Å²) in [5, 5.41) is 17.2. The number of aliphatic hydroxyl groups excluding tert-OH is 1. The summed E-state index contributed by atoms with van der Waals surface area (Å²) in [6, 6.07) is 5.94. The third-order valence-corrected chi connectivity index (χ3v) is 7.15. The van der Waals surface area contributed by atoms with Crippen molar-refractivity contribution in [3.8, 4) is 11.4 Å². The molecule has 2 aromatic heterocycles. The molecule has 3 aromatic rings. The summed E-state index contributed by atoms with van der Waals surface area (Å²) in [6.07, 6.45) is 9.24. The summed E-state index contributed by atoms with van der Waals surface area (Å²) in [5.41, 5.74) is 1.31. The lowest BCUT2D eigenvalue weighted by molar-refractivity contribution is -0.149. The number of morpholine rings is 1. The first kappa shape index (κ1) is 20.3. The number of aryl methyl sites for hydroxylation is 1. The summed E-state index contributed by atoms with van der Waals surface area (Å²) >= 11 is 1.44. The second-order valence-electron chi connectivity index (χ2n) is 8.52. The summed E-state index contributed by atoms with van der Waals surface area (Å²) in [6.45, 7) is 2.28. The minimum Gasteiger partial charge on any atom is -0.495 e. The molecule has 1 saturated heterocycles. The molecule has 2 aliphatic heterocycles. The maximum Gasteiger partial charge on any atom is 0.286 e. The van der Waals surface area contributed by atoms with E-state index in [-0.39, 0.29) is 12.2 Å². The molecule has 6 rings (SSSR count). The van der Waals surface area contributed by atoms with Gasteiger partial charge in [0.1, 0.15) is 18.0 Å². The Morgan fingerprint density at radius 1 is 1.30 bits per heavy atom. The Hall–Kier alpha value is -3.37. The van der Waals surface area contributed by atoms with Gasteiger partial charge in [0.15, 0.2) is 10.8 Å². The van der Waals surface area contributed by atoms with Crippen molar-refractivity contribution in [1.82, 2.24) is 19.4 Å². The van der Waals surface area contributed by atoms with Crippen molar-refractivity contribution in [2.45, 2.75) is 31.1 Å². The highest BCUT2D eigenvalue weighted by molar-refractivity contribution is 7.09. The Balaban J connectivity index is 1.38. The molecular formula is C23H23N5O4S.